The van der Waals surface area contributed by atoms with Crippen LogP contribution in [-0.4, -0.2) is 78.4 Å². The molecule has 2 rings (SSSR count). The van der Waals surface area contributed by atoms with Crippen LogP contribution >= 0.6 is 0 Å². The third kappa shape index (κ3) is 5.18. The maximum absolute atomic E-state index is 12.5. The fourth-order valence-corrected chi connectivity index (χ4v) is 3.95. The van der Waals surface area contributed by atoms with E-state index in [0.29, 0.717) is 31.5 Å². The molecule has 24 heavy (non-hydrogen) atoms. The Hall–Kier alpha value is -1.14. The monoisotopic (exact) mass is 338 g/mol. The molecule has 0 aromatic carbocycles. The molecule has 0 aliphatic carbocycles. The van der Waals surface area contributed by atoms with Gasteiger partial charge >= 0.3 is 0 Å². The van der Waals surface area contributed by atoms with Crippen LogP contribution in [0.2, 0.25) is 0 Å². The Morgan fingerprint density at radius 1 is 1.04 bits per heavy atom. The summed E-state index contributed by atoms with van der Waals surface area (Å²) in [5.41, 5.74) is 5.93. The Morgan fingerprint density at radius 3 is 2.17 bits per heavy atom. The van der Waals surface area contributed by atoms with E-state index in [2.05, 4.69) is 18.7 Å². The fraction of sp³-hybridized carbons (Fsp3) is 0.889. The average Bonchev–Trinajstić information content (AvgIpc) is 2.54. The van der Waals surface area contributed by atoms with Crippen molar-refractivity contribution in [1.82, 2.24) is 14.7 Å². The molecule has 2 N–H and O–H groups in total. The van der Waals surface area contributed by atoms with E-state index in [1.165, 1.54) is 6.42 Å². The minimum atomic E-state index is -0.375. The van der Waals surface area contributed by atoms with Crippen molar-refractivity contribution in [2.24, 2.45) is 17.6 Å². The molecule has 138 valence electrons. The number of carbonyl (C=O) groups excluding carboxylic acids is 2. The van der Waals surface area contributed by atoms with E-state index in [9.17, 15) is 9.59 Å². The van der Waals surface area contributed by atoms with Gasteiger partial charge in [-0.15, -0.1) is 0 Å². The lowest BCUT2D eigenvalue weighted by molar-refractivity contribution is -0.137. The molecule has 0 aromatic heterocycles. The standard InChI is InChI=1S/C18H34N4O2/c1-4-5-16(19)18(24)21-8-6-20(7-9-21)13-17(23)22-11-14(2)10-15(3)12-22/h14-16H,4-13,19H2,1-3H3. The number of likely N-dealkylation sites (tertiary alicyclic amines) is 1. The van der Waals surface area contributed by atoms with Gasteiger partial charge in [-0.05, 0) is 24.7 Å². The van der Waals surface area contributed by atoms with E-state index in [1.807, 2.05) is 16.7 Å². The molecule has 2 fully saturated rings. The Bertz CT molecular complexity index is 425. The van der Waals surface area contributed by atoms with Gasteiger partial charge in [-0.2, -0.15) is 0 Å². The first-order valence-corrected chi connectivity index (χ1v) is 9.45. The number of nitrogens with two attached hydrogens (primary N) is 1. The van der Waals surface area contributed by atoms with Crippen molar-refractivity contribution in [3.8, 4) is 0 Å². The topological polar surface area (TPSA) is 69.9 Å². The Kier molecular flexibility index (Phi) is 7.04. The van der Waals surface area contributed by atoms with Crippen molar-refractivity contribution in [1.29, 1.82) is 0 Å². The molecule has 3 unspecified atom stereocenters. The number of rotatable bonds is 5. The minimum absolute atomic E-state index is 0.0570. The van der Waals surface area contributed by atoms with Crippen molar-refractivity contribution in [2.75, 3.05) is 45.8 Å². The summed E-state index contributed by atoms with van der Waals surface area (Å²) in [5, 5.41) is 0. The molecule has 2 aliphatic rings. The second kappa shape index (κ2) is 8.81. The molecule has 0 radical (unpaired) electrons. The lowest BCUT2D eigenvalue weighted by Gasteiger charge is -2.38. The largest absolute Gasteiger partial charge is 0.341 e. The highest BCUT2D eigenvalue weighted by atomic mass is 16.2. The van der Waals surface area contributed by atoms with Crippen molar-refractivity contribution in [3.05, 3.63) is 0 Å². The van der Waals surface area contributed by atoms with E-state index in [-0.39, 0.29) is 17.9 Å². The van der Waals surface area contributed by atoms with Gasteiger partial charge in [0.1, 0.15) is 0 Å². The van der Waals surface area contributed by atoms with E-state index in [1.54, 1.807) is 0 Å². The molecule has 6 nitrogen and oxygen atoms in total. The molecule has 0 aromatic rings. The molecule has 2 heterocycles. The lowest BCUT2D eigenvalue weighted by atomic mass is 9.92. The van der Waals surface area contributed by atoms with E-state index in [0.717, 1.165) is 39.0 Å². The Balaban J connectivity index is 1.76. The van der Waals surface area contributed by atoms with Crippen LogP contribution in [0.3, 0.4) is 0 Å². The molecule has 3 atom stereocenters. The molecular formula is C18H34N4O2. The van der Waals surface area contributed by atoms with Crippen LogP contribution in [0.25, 0.3) is 0 Å². The molecule has 0 spiro atoms. The van der Waals surface area contributed by atoms with Gasteiger partial charge in [0.15, 0.2) is 0 Å². The van der Waals surface area contributed by atoms with Crippen molar-refractivity contribution < 1.29 is 9.59 Å². The van der Waals surface area contributed by atoms with Gasteiger partial charge < -0.3 is 15.5 Å². The molecule has 0 saturated carbocycles. The van der Waals surface area contributed by atoms with Crippen LogP contribution < -0.4 is 5.73 Å². The number of hydrogen-bond acceptors (Lipinski definition) is 4. The highest BCUT2D eigenvalue weighted by molar-refractivity contribution is 5.82. The first-order chi connectivity index (χ1) is 11.4. The van der Waals surface area contributed by atoms with Gasteiger partial charge in [-0.3, -0.25) is 14.5 Å². The van der Waals surface area contributed by atoms with Crippen LogP contribution in [0.1, 0.15) is 40.0 Å². The summed E-state index contributed by atoms with van der Waals surface area (Å²) in [7, 11) is 0. The molecule has 0 bridgehead atoms. The van der Waals surface area contributed by atoms with Gasteiger partial charge in [0.05, 0.1) is 12.6 Å². The van der Waals surface area contributed by atoms with Gasteiger partial charge in [0.25, 0.3) is 0 Å². The average molecular weight is 338 g/mol. The van der Waals surface area contributed by atoms with Crippen molar-refractivity contribution in [3.63, 3.8) is 0 Å². The van der Waals surface area contributed by atoms with E-state index >= 15 is 0 Å². The summed E-state index contributed by atoms with van der Waals surface area (Å²) in [6.45, 7) is 11.6. The quantitative estimate of drug-likeness (QED) is 0.804. The number of hydrogen-bond donors (Lipinski definition) is 1. The summed E-state index contributed by atoms with van der Waals surface area (Å²) >= 11 is 0. The number of nitrogens with zero attached hydrogens (tertiary/aromatic N) is 3. The zero-order chi connectivity index (χ0) is 17.7. The fourth-order valence-electron chi connectivity index (χ4n) is 3.95. The van der Waals surface area contributed by atoms with Crippen molar-refractivity contribution >= 4 is 11.8 Å². The SMILES string of the molecule is CCCC(N)C(=O)N1CCN(CC(=O)N2CC(C)CC(C)C2)CC1. The smallest absolute Gasteiger partial charge is 0.239 e. The first kappa shape index (κ1) is 19.2. The summed E-state index contributed by atoms with van der Waals surface area (Å²) < 4.78 is 0. The van der Waals surface area contributed by atoms with Crippen molar-refractivity contribution in [2.45, 2.75) is 46.1 Å². The molecule has 2 amide bonds. The van der Waals surface area contributed by atoms with Crippen LogP contribution in [0.4, 0.5) is 0 Å². The van der Waals surface area contributed by atoms with Gasteiger partial charge in [-0.25, -0.2) is 0 Å². The summed E-state index contributed by atoms with van der Waals surface area (Å²) in [5.74, 6) is 1.47. The highest BCUT2D eigenvalue weighted by Crippen LogP contribution is 2.21. The zero-order valence-electron chi connectivity index (χ0n) is 15.5. The van der Waals surface area contributed by atoms with Crippen LogP contribution in [0.15, 0.2) is 0 Å². The second-order valence-corrected chi connectivity index (χ2v) is 7.74. The minimum Gasteiger partial charge on any atom is -0.341 e. The third-order valence-corrected chi connectivity index (χ3v) is 5.18. The second-order valence-electron chi connectivity index (χ2n) is 7.74. The number of amides is 2. The third-order valence-electron chi connectivity index (χ3n) is 5.18. The zero-order valence-corrected chi connectivity index (χ0v) is 15.5. The Labute approximate surface area is 146 Å². The highest BCUT2D eigenvalue weighted by Gasteiger charge is 2.29. The van der Waals surface area contributed by atoms with Gasteiger partial charge in [0.2, 0.25) is 11.8 Å². The molecular weight excluding hydrogens is 304 g/mol. The van der Waals surface area contributed by atoms with E-state index < -0.39 is 0 Å². The van der Waals surface area contributed by atoms with Crippen LogP contribution in [0, 0.1) is 11.8 Å². The normalized spacial score (nSPS) is 27.2. The summed E-state index contributed by atoms with van der Waals surface area (Å²) in [6, 6.07) is -0.375. The lowest BCUT2D eigenvalue weighted by Crippen LogP contribution is -2.55. The summed E-state index contributed by atoms with van der Waals surface area (Å²) in [4.78, 5) is 30.8. The van der Waals surface area contributed by atoms with Gasteiger partial charge in [-0.1, -0.05) is 27.2 Å². The maximum Gasteiger partial charge on any atom is 0.239 e. The van der Waals surface area contributed by atoms with Crippen LogP contribution in [0.5, 0.6) is 0 Å². The Morgan fingerprint density at radius 2 is 1.62 bits per heavy atom. The van der Waals surface area contributed by atoms with E-state index in [4.69, 9.17) is 5.73 Å². The number of piperazine rings is 1. The summed E-state index contributed by atoms with van der Waals surface area (Å²) in [6.07, 6.45) is 2.87. The van der Waals surface area contributed by atoms with Gasteiger partial charge in [0, 0.05) is 39.3 Å². The van der Waals surface area contributed by atoms with Crippen LogP contribution in [-0.2, 0) is 9.59 Å². The molecule has 2 aliphatic heterocycles. The predicted molar refractivity (Wildman–Crippen MR) is 95.4 cm³/mol. The molecule has 2 saturated heterocycles. The maximum atomic E-state index is 12.5. The number of piperidine rings is 1. The first-order valence-electron chi connectivity index (χ1n) is 9.45. The molecule has 6 heteroatoms. The predicted octanol–water partition coefficient (Wildman–Crippen LogP) is 0.763. The number of carbonyl (C=O) groups is 2.